The van der Waals surface area contributed by atoms with Gasteiger partial charge in [0.25, 0.3) is 0 Å². The van der Waals surface area contributed by atoms with Crippen LogP contribution < -0.4 is 5.32 Å². The first-order chi connectivity index (χ1) is 7.40. The van der Waals surface area contributed by atoms with Gasteiger partial charge in [0.2, 0.25) is 0 Å². The zero-order valence-electron chi connectivity index (χ0n) is 8.47. The summed E-state index contributed by atoms with van der Waals surface area (Å²) in [5, 5.41) is 19.5. The number of nitrogens with one attached hydrogen (secondary N) is 1. The summed E-state index contributed by atoms with van der Waals surface area (Å²) < 4.78 is 0. The summed E-state index contributed by atoms with van der Waals surface area (Å²) in [6.45, 7) is 0. The number of fused-ring (bicyclic) bond motifs is 1. The van der Waals surface area contributed by atoms with Gasteiger partial charge in [0.15, 0.2) is 0 Å². The van der Waals surface area contributed by atoms with Gasteiger partial charge in [-0.05, 0) is 35.0 Å². The predicted molar refractivity (Wildman–Crippen MR) is 59.6 cm³/mol. The van der Waals surface area contributed by atoms with Crippen molar-refractivity contribution in [2.45, 2.75) is 17.8 Å². The van der Waals surface area contributed by atoms with Gasteiger partial charge in [-0.15, -0.1) is 0 Å². The Hall–Kier alpha value is -1.42. The van der Waals surface area contributed by atoms with Crippen LogP contribution in [-0.4, -0.2) is 37.9 Å². The van der Waals surface area contributed by atoms with Crippen LogP contribution in [-0.2, 0) is 16.6 Å². The lowest BCUT2D eigenvalue weighted by atomic mass is 9.55. The van der Waals surface area contributed by atoms with Gasteiger partial charge in [-0.25, -0.2) is 0 Å². The van der Waals surface area contributed by atoms with Gasteiger partial charge < -0.3 is 15.5 Å². The summed E-state index contributed by atoms with van der Waals surface area (Å²) in [5.41, 5.74) is 1.25. The number of hydrogen-bond acceptors (Lipinski definition) is 3. The topological polar surface area (TPSA) is 69.6 Å². The van der Waals surface area contributed by atoms with Crippen LogP contribution in [0.2, 0.25) is 0 Å². The minimum atomic E-state index is -1.38. The fourth-order valence-electron chi connectivity index (χ4n) is 1.94. The Kier molecular flexibility index (Phi) is 2.46. The molecule has 3 N–H and O–H groups in total. The number of rotatable bonds is 1. The number of aromatic hydroxyl groups is 1. The highest BCUT2D eigenvalue weighted by Gasteiger charge is 2.34. The van der Waals surface area contributed by atoms with Crippen molar-refractivity contribution in [2.24, 2.45) is 0 Å². The van der Waals surface area contributed by atoms with E-state index in [0.717, 1.165) is 0 Å². The van der Waals surface area contributed by atoms with Crippen molar-refractivity contribution in [3.63, 3.8) is 0 Å². The minimum absolute atomic E-state index is 0.0700. The molecule has 4 radical (unpaired) electrons. The largest absolute Gasteiger partial charge is 0.508 e. The zero-order valence-corrected chi connectivity index (χ0v) is 8.47. The quantitative estimate of drug-likeness (QED) is 0.546. The fraction of sp³-hybridized carbons (Fsp3) is 0.300. The number of benzene rings is 1. The maximum Gasteiger partial charge on any atom is 0.321 e. The first-order valence-electron chi connectivity index (χ1n) is 4.81. The predicted octanol–water partition coefficient (Wildman–Crippen LogP) is -0.562. The van der Waals surface area contributed by atoms with E-state index >= 15 is 0 Å². The fourth-order valence-corrected chi connectivity index (χ4v) is 1.94. The van der Waals surface area contributed by atoms with Crippen LogP contribution in [0.5, 0.6) is 5.75 Å². The molecule has 1 aliphatic rings. The molecule has 6 heteroatoms. The molecule has 0 saturated heterocycles. The molecule has 0 spiro atoms. The first-order valence-corrected chi connectivity index (χ1v) is 4.81. The van der Waals surface area contributed by atoms with Crippen LogP contribution in [0.1, 0.15) is 11.1 Å². The van der Waals surface area contributed by atoms with Gasteiger partial charge in [0, 0.05) is 0 Å². The first kappa shape index (κ1) is 11.1. The van der Waals surface area contributed by atoms with E-state index in [1.165, 1.54) is 12.1 Å². The van der Waals surface area contributed by atoms with E-state index in [2.05, 4.69) is 5.32 Å². The molecule has 0 amide bonds. The molecule has 1 atom stereocenters. The maximum absolute atomic E-state index is 10.9. The number of phenolic OH excluding ortho intramolecular Hbond substituents is 1. The van der Waals surface area contributed by atoms with Gasteiger partial charge in [-0.1, -0.05) is 6.07 Å². The standard InChI is InChI=1S/C10H9B2NO3/c11-10(12)7-2-1-6(14)3-5(7)4-8(13-10)9(15)16/h1-3,8,13-14H,4H2,(H,15,16). The van der Waals surface area contributed by atoms with Gasteiger partial charge >= 0.3 is 5.97 Å². The van der Waals surface area contributed by atoms with Crippen molar-refractivity contribution >= 4 is 21.7 Å². The molecule has 0 saturated carbocycles. The number of carbonyl (C=O) groups is 1. The summed E-state index contributed by atoms with van der Waals surface area (Å²) in [6.07, 6.45) is 0.245. The van der Waals surface area contributed by atoms with Gasteiger partial charge in [-0.3, -0.25) is 4.79 Å². The zero-order chi connectivity index (χ0) is 11.9. The second-order valence-electron chi connectivity index (χ2n) is 3.95. The maximum atomic E-state index is 10.9. The summed E-state index contributed by atoms with van der Waals surface area (Å²) in [4.78, 5) is 10.9. The summed E-state index contributed by atoms with van der Waals surface area (Å²) >= 11 is 0. The molecule has 1 unspecified atom stereocenters. The SMILES string of the molecule is [B]C1([B])NC(C(=O)O)Cc2cc(O)ccc21. The summed E-state index contributed by atoms with van der Waals surface area (Å²) in [6, 6.07) is 3.70. The van der Waals surface area contributed by atoms with E-state index in [4.69, 9.17) is 20.8 Å². The van der Waals surface area contributed by atoms with Gasteiger partial charge in [0.1, 0.15) is 11.8 Å². The van der Waals surface area contributed by atoms with Crippen molar-refractivity contribution < 1.29 is 15.0 Å². The number of aliphatic carboxylic acids is 1. The number of carboxylic acid groups (broad SMARTS) is 1. The molecular formula is C10H9B2NO3. The minimum Gasteiger partial charge on any atom is -0.508 e. The van der Waals surface area contributed by atoms with Crippen LogP contribution in [0.25, 0.3) is 0 Å². The Morgan fingerprint density at radius 3 is 2.81 bits per heavy atom. The molecule has 2 rings (SSSR count). The molecular weight excluding hydrogens is 204 g/mol. The molecule has 0 fully saturated rings. The molecule has 78 valence electrons. The van der Waals surface area contributed by atoms with Crippen LogP contribution in [0, 0.1) is 0 Å². The van der Waals surface area contributed by atoms with E-state index in [1.54, 1.807) is 6.07 Å². The number of phenols is 1. The average molecular weight is 213 g/mol. The molecule has 16 heavy (non-hydrogen) atoms. The van der Waals surface area contributed by atoms with Crippen LogP contribution >= 0.6 is 0 Å². The Labute approximate surface area is 95.5 Å². The summed E-state index contributed by atoms with van der Waals surface area (Å²) in [7, 11) is 11.6. The molecule has 1 aromatic carbocycles. The third-order valence-corrected chi connectivity index (χ3v) is 2.67. The van der Waals surface area contributed by atoms with E-state index in [-0.39, 0.29) is 12.2 Å². The normalized spacial score (nSPS) is 22.4. The molecule has 0 aliphatic carbocycles. The second-order valence-corrected chi connectivity index (χ2v) is 3.95. The van der Waals surface area contributed by atoms with Crippen LogP contribution in [0.15, 0.2) is 18.2 Å². The highest BCUT2D eigenvalue weighted by Crippen LogP contribution is 2.28. The average Bonchev–Trinajstić information content (AvgIpc) is 2.15. The van der Waals surface area contributed by atoms with E-state index in [1.807, 2.05) is 0 Å². The molecule has 1 aromatic rings. The lowest BCUT2D eigenvalue weighted by Gasteiger charge is -2.38. The van der Waals surface area contributed by atoms with E-state index < -0.39 is 17.3 Å². The van der Waals surface area contributed by atoms with Gasteiger partial charge in [0.05, 0.1) is 15.7 Å². The highest BCUT2D eigenvalue weighted by molar-refractivity contribution is 6.40. The molecule has 1 heterocycles. The van der Waals surface area contributed by atoms with Gasteiger partial charge in [-0.2, -0.15) is 0 Å². The molecule has 0 bridgehead atoms. The Balaban J connectivity index is 2.47. The van der Waals surface area contributed by atoms with Crippen molar-refractivity contribution in [3.05, 3.63) is 29.3 Å². The highest BCUT2D eigenvalue weighted by atomic mass is 16.4. The summed E-state index contributed by atoms with van der Waals surface area (Å²) in [5.74, 6) is -0.949. The van der Waals surface area contributed by atoms with E-state index in [9.17, 15) is 9.90 Å². The van der Waals surface area contributed by atoms with Crippen LogP contribution in [0.3, 0.4) is 0 Å². The molecule has 4 nitrogen and oxygen atoms in total. The second kappa shape index (κ2) is 3.56. The number of hydrogen-bond donors (Lipinski definition) is 3. The van der Waals surface area contributed by atoms with Crippen molar-refractivity contribution in [1.29, 1.82) is 0 Å². The third kappa shape index (κ3) is 1.80. The number of carboxylic acids is 1. The lowest BCUT2D eigenvalue weighted by Crippen LogP contribution is -2.56. The van der Waals surface area contributed by atoms with Crippen molar-refractivity contribution in [1.82, 2.24) is 5.32 Å². The Bertz CT molecular complexity index is 448. The smallest absolute Gasteiger partial charge is 0.321 e. The molecule has 1 aliphatic heterocycles. The third-order valence-electron chi connectivity index (χ3n) is 2.67. The van der Waals surface area contributed by atoms with Crippen molar-refractivity contribution in [2.75, 3.05) is 0 Å². The van der Waals surface area contributed by atoms with Crippen molar-refractivity contribution in [3.8, 4) is 5.75 Å². The Morgan fingerprint density at radius 2 is 2.19 bits per heavy atom. The molecule has 0 aromatic heterocycles. The Morgan fingerprint density at radius 1 is 1.50 bits per heavy atom. The lowest BCUT2D eigenvalue weighted by molar-refractivity contribution is -0.139. The van der Waals surface area contributed by atoms with Crippen LogP contribution in [0.4, 0.5) is 0 Å². The van der Waals surface area contributed by atoms with E-state index in [0.29, 0.717) is 11.1 Å². The monoisotopic (exact) mass is 213 g/mol.